The van der Waals surface area contributed by atoms with E-state index in [1.807, 2.05) is 30.9 Å². The number of likely N-dealkylation sites (tertiary alicyclic amines) is 1. The van der Waals surface area contributed by atoms with Crippen molar-refractivity contribution in [2.24, 2.45) is 5.92 Å². The van der Waals surface area contributed by atoms with Gasteiger partial charge < -0.3 is 10.2 Å². The fourth-order valence-corrected chi connectivity index (χ4v) is 3.88. The van der Waals surface area contributed by atoms with Gasteiger partial charge in [-0.25, -0.2) is 0 Å². The molecule has 1 fully saturated rings. The number of rotatable bonds is 5. The van der Waals surface area contributed by atoms with Gasteiger partial charge in [-0.05, 0) is 56.4 Å². The third kappa shape index (κ3) is 5.00. The van der Waals surface area contributed by atoms with Crippen molar-refractivity contribution in [3.8, 4) is 0 Å². The van der Waals surface area contributed by atoms with Crippen LogP contribution in [0.4, 0.5) is 0 Å². The van der Waals surface area contributed by atoms with E-state index >= 15 is 0 Å². The second-order valence-electron chi connectivity index (χ2n) is 7.85. The number of benzene rings is 2. The van der Waals surface area contributed by atoms with Crippen LogP contribution in [0.5, 0.6) is 0 Å². The Morgan fingerprint density at radius 3 is 2.32 bits per heavy atom. The summed E-state index contributed by atoms with van der Waals surface area (Å²) >= 11 is 0. The van der Waals surface area contributed by atoms with Crippen molar-refractivity contribution >= 4 is 11.8 Å². The molecule has 0 bridgehead atoms. The minimum absolute atomic E-state index is 0.0273. The van der Waals surface area contributed by atoms with Gasteiger partial charge in [0.25, 0.3) is 5.91 Å². The molecule has 2 aromatic carbocycles. The van der Waals surface area contributed by atoms with Crippen LogP contribution < -0.4 is 5.32 Å². The van der Waals surface area contributed by atoms with E-state index in [0.717, 1.165) is 41.5 Å². The fraction of sp³-hybridized carbons (Fsp3) is 0.417. The van der Waals surface area contributed by atoms with Crippen LogP contribution in [-0.4, -0.2) is 29.8 Å². The van der Waals surface area contributed by atoms with E-state index in [4.69, 9.17) is 0 Å². The maximum Gasteiger partial charge on any atom is 0.253 e. The van der Waals surface area contributed by atoms with E-state index in [9.17, 15) is 9.59 Å². The third-order valence-electron chi connectivity index (χ3n) is 5.45. The predicted octanol–water partition coefficient (Wildman–Crippen LogP) is 4.03. The molecule has 0 spiro atoms. The Morgan fingerprint density at radius 1 is 1.04 bits per heavy atom. The number of piperidine rings is 1. The summed E-state index contributed by atoms with van der Waals surface area (Å²) in [6.07, 6.45) is 2.70. The Balaban J connectivity index is 1.58. The molecule has 1 atom stereocenters. The summed E-state index contributed by atoms with van der Waals surface area (Å²) < 4.78 is 0. The molecule has 1 saturated heterocycles. The zero-order valence-corrected chi connectivity index (χ0v) is 17.1. The molecule has 1 N–H and O–H groups in total. The van der Waals surface area contributed by atoms with Gasteiger partial charge in [-0.15, -0.1) is 0 Å². The summed E-state index contributed by atoms with van der Waals surface area (Å²) in [4.78, 5) is 27.4. The minimum atomic E-state index is -0.140. The molecule has 0 radical (unpaired) electrons. The van der Waals surface area contributed by atoms with Crippen molar-refractivity contribution in [3.63, 3.8) is 0 Å². The quantitative estimate of drug-likeness (QED) is 0.854. The molecule has 2 aromatic rings. The molecule has 1 aliphatic heterocycles. The number of aryl methyl sites for hydroxylation is 3. The van der Waals surface area contributed by atoms with E-state index < -0.39 is 0 Å². The van der Waals surface area contributed by atoms with Gasteiger partial charge in [-0.3, -0.25) is 9.59 Å². The average Bonchev–Trinajstić information content (AvgIpc) is 2.71. The summed E-state index contributed by atoms with van der Waals surface area (Å²) in [5.41, 5.74) is 5.29. The zero-order valence-electron chi connectivity index (χ0n) is 17.1. The summed E-state index contributed by atoms with van der Waals surface area (Å²) in [6.45, 7) is 7.88. The normalized spacial score (nSPS) is 16.7. The van der Waals surface area contributed by atoms with E-state index in [0.29, 0.717) is 19.6 Å². The van der Waals surface area contributed by atoms with Gasteiger partial charge in [-0.1, -0.05) is 48.4 Å². The highest BCUT2D eigenvalue weighted by molar-refractivity contribution is 5.95. The maximum absolute atomic E-state index is 12.9. The molecule has 0 saturated carbocycles. The van der Waals surface area contributed by atoms with Crippen molar-refractivity contribution < 1.29 is 9.59 Å². The zero-order chi connectivity index (χ0) is 20.1. The Kier molecular flexibility index (Phi) is 6.50. The SMILES string of the molecule is CCc1ccc(CNC(=O)[C@H]2CCCN(C(=O)c3cc(C)cc(C)c3)C2)cc1. The first-order chi connectivity index (χ1) is 13.5. The number of hydrogen-bond donors (Lipinski definition) is 1. The second kappa shape index (κ2) is 9.05. The first-order valence-corrected chi connectivity index (χ1v) is 10.2. The Bertz CT molecular complexity index is 822. The standard InChI is InChI=1S/C24H30N2O2/c1-4-19-7-9-20(10-8-19)15-25-23(27)21-6-5-11-26(16-21)24(28)22-13-17(2)12-18(3)14-22/h7-10,12-14,21H,4-6,11,15-16H2,1-3H3,(H,25,27)/t21-/m0/s1. The average molecular weight is 379 g/mol. The second-order valence-corrected chi connectivity index (χ2v) is 7.85. The van der Waals surface area contributed by atoms with Gasteiger partial charge in [0.05, 0.1) is 5.92 Å². The number of nitrogens with one attached hydrogen (secondary N) is 1. The molecule has 4 heteroatoms. The Labute approximate surface area is 167 Å². The van der Waals surface area contributed by atoms with Gasteiger partial charge in [0, 0.05) is 25.2 Å². The van der Waals surface area contributed by atoms with E-state index in [-0.39, 0.29) is 17.7 Å². The largest absolute Gasteiger partial charge is 0.352 e. The molecule has 28 heavy (non-hydrogen) atoms. The first-order valence-electron chi connectivity index (χ1n) is 10.2. The summed E-state index contributed by atoms with van der Waals surface area (Å²) in [5.74, 6) is -0.0736. The van der Waals surface area contributed by atoms with Gasteiger partial charge in [0.15, 0.2) is 0 Å². The summed E-state index contributed by atoms with van der Waals surface area (Å²) in [6, 6.07) is 14.3. The number of carbonyl (C=O) groups is 2. The number of amides is 2. The molecular formula is C24H30N2O2. The lowest BCUT2D eigenvalue weighted by Gasteiger charge is -2.32. The summed E-state index contributed by atoms with van der Waals surface area (Å²) in [7, 11) is 0. The fourth-order valence-electron chi connectivity index (χ4n) is 3.88. The van der Waals surface area contributed by atoms with Gasteiger partial charge >= 0.3 is 0 Å². The lowest BCUT2D eigenvalue weighted by atomic mass is 9.96. The highest BCUT2D eigenvalue weighted by atomic mass is 16.2. The Morgan fingerprint density at radius 2 is 1.68 bits per heavy atom. The molecule has 0 aliphatic carbocycles. The molecule has 4 nitrogen and oxygen atoms in total. The first kappa shape index (κ1) is 20.1. The van der Waals surface area contributed by atoms with Crippen molar-refractivity contribution in [1.82, 2.24) is 10.2 Å². The maximum atomic E-state index is 12.9. The monoisotopic (exact) mass is 378 g/mol. The van der Waals surface area contributed by atoms with Crippen LogP contribution in [0.25, 0.3) is 0 Å². The van der Waals surface area contributed by atoms with Crippen LogP contribution >= 0.6 is 0 Å². The minimum Gasteiger partial charge on any atom is -0.352 e. The van der Waals surface area contributed by atoms with Crippen LogP contribution in [0.2, 0.25) is 0 Å². The molecule has 1 heterocycles. The third-order valence-corrected chi connectivity index (χ3v) is 5.45. The summed E-state index contributed by atoms with van der Waals surface area (Å²) in [5, 5.41) is 3.05. The number of hydrogen-bond acceptors (Lipinski definition) is 2. The topological polar surface area (TPSA) is 49.4 Å². The molecule has 0 unspecified atom stereocenters. The highest BCUT2D eigenvalue weighted by Crippen LogP contribution is 2.20. The van der Waals surface area contributed by atoms with Crippen LogP contribution in [0.3, 0.4) is 0 Å². The number of carbonyl (C=O) groups excluding carboxylic acids is 2. The van der Waals surface area contributed by atoms with Crippen molar-refractivity contribution in [2.45, 2.75) is 46.6 Å². The predicted molar refractivity (Wildman–Crippen MR) is 112 cm³/mol. The molecule has 148 valence electrons. The molecule has 2 amide bonds. The van der Waals surface area contributed by atoms with Crippen LogP contribution in [0.1, 0.15) is 52.4 Å². The molecule has 3 rings (SSSR count). The molecular weight excluding hydrogens is 348 g/mol. The van der Waals surface area contributed by atoms with E-state index in [1.165, 1.54) is 5.56 Å². The van der Waals surface area contributed by atoms with Crippen molar-refractivity contribution in [1.29, 1.82) is 0 Å². The van der Waals surface area contributed by atoms with Crippen molar-refractivity contribution in [2.75, 3.05) is 13.1 Å². The van der Waals surface area contributed by atoms with Gasteiger partial charge in [0.1, 0.15) is 0 Å². The lowest BCUT2D eigenvalue weighted by molar-refractivity contribution is -0.126. The molecule has 1 aliphatic rings. The smallest absolute Gasteiger partial charge is 0.253 e. The molecule has 0 aromatic heterocycles. The van der Waals surface area contributed by atoms with Gasteiger partial charge in [0.2, 0.25) is 5.91 Å². The van der Waals surface area contributed by atoms with Crippen LogP contribution in [-0.2, 0) is 17.8 Å². The Hall–Kier alpha value is -2.62. The number of nitrogens with zero attached hydrogens (tertiary/aromatic N) is 1. The van der Waals surface area contributed by atoms with E-state index in [1.54, 1.807) is 0 Å². The van der Waals surface area contributed by atoms with Crippen molar-refractivity contribution in [3.05, 3.63) is 70.3 Å². The van der Waals surface area contributed by atoms with Gasteiger partial charge in [-0.2, -0.15) is 0 Å². The van der Waals surface area contributed by atoms with E-state index in [2.05, 4.69) is 42.6 Å². The highest BCUT2D eigenvalue weighted by Gasteiger charge is 2.28. The van der Waals surface area contributed by atoms with Crippen LogP contribution in [0, 0.1) is 19.8 Å². The lowest BCUT2D eigenvalue weighted by Crippen LogP contribution is -2.45. The van der Waals surface area contributed by atoms with Crippen LogP contribution in [0.15, 0.2) is 42.5 Å².